The van der Waals surface area contributed by atoms with Crippen LogP contribution >= 0.6 is 0 Å². The van der Waals surface area contributed by atoms with E-state index in [9.17, 15) is 4.79 Å². The van der Waals surface area contributed by atoms with Crippen molar-refractivity contribution < 1.29 is 4.79 Å². The predicted octanol–water partition coefficient (Wildman–Crippen LogP) is 2.08. The Morgan fingerprint density at radius 2 is 2.09 bits per heavy atom. The van der Waals surface area contributed by atoms with Gasteiger partial charge in [-0.15, -0.1) is 0 Å². The lowest BCUT2D eigenvalue weighted by atomic mass is 10.1. The molecule has 1 aliphatic rings. The molecule has 0 spiro atoms. The largest absolute Gasteiger partial charge is 0.347 e. The SMILES string of the molecule is CC(C)c1cc(C(=O)NCc2ccc3c(c2)CNC3)nn1C. The van der Waals surface area contributed by atoms with Crippen molar-refractivity contribution in [2.75, 3.05) is 0 Å². The number of carbonyl (C=O) groups excluding carboxylic acids is 1. The first-order chi connectivity index (χ1) is 10.5. The second-order valence-electron chi connectivity index (χ2n) is 6.12. The molecule has 0 radical (unpaired) electrons. The highest BCUT2D eigenvalue weighted by molar-refractivity contribution is 5.92. The molecule has 1 aromatic carbocycles. The molecule has 1 amide bonds. The molecule has 22 heavy (non-hydrogen) atoms. The number of nitrogens with one attached hydrogen (secondary N) is 2. The molecular formula is C17H22N4O. The number of amides is 1. The zero-order chi connectivity index (χ0) is 15.7. The second-order valence-corrected chi connectivity index (χ2v) is 6.12. The maximum Gasteiger partial charge on any atom is 0.272 e. The Morgan fingerprint density at radius 3 is 2.82 bits per heavy atom. The van der Waals surface area contributed by atoms with Crippen LogP contribution in [0.25, 0.3) is 0 Å². The van der Waals surface area contributed by atoms with Gasteiger partial charge in [0.2, 0.25) is 0 Å². The monoisotopic (exact) mass is 298 g/mol. The van der Waals surface area contributed by atoms with Crippen molar-refractivity contribution in [3.63, 3.8) is 0 Å². The Balaban J connectivity index is 1.66. The summed E-state index contributed by atoms with van der Waals surface area (Å²) in [5.74, 6) is 0.226. The fraction of sp³-hybridized carbons (Fsp3) is 0.412. The van der Waals surface area contributed by atoms with E-state index in [1.54, 1.807) is 4.68 Å². The number of aromatic nitrogens is 2. The number of hydrogen-bond donors (Lipinski definition) is 2. The van der Waals surface area contributed by atoms with Gasteiger partial charge in [-0.25, -0.2) is 0 Å². The van der Waals surface area contributed by atoms with Crippen LogP contribution in [-0.4, -0.2) is 15.7 Å². The van der Waals surface area contributed by atoms with Gasteiger partial charge in [0, 0.05) is 32.4 Å². The molecule has 1 aliphatic heterocycles. The number of rotatable bonds is 4. The first-order valence-corrected chi connectivity index (χ1v) is 7.68. The van der Waals surface area contributed by atoms with E-state index < -0.39 is 0 Å². The smallest absolute Gasteiger partial charge is 0.272 e. The van der Waals surface area contributed by atoms with Crippen LogP contribution in [0.5, 0.6) is 0 Å². The van der Waals surface area contributed by atoms with Gasteiger partial charge >= 0.3 is 0 Å². The number of nitrogens with zero attached hydrogens (tertiary/aromatic N) is 2. The van der Waals surface area contributed by atoms with E-state index in [1.807, 2.05) is 13.1 Å². The van der Waals surface area contributed by atoms with Crippen LogP contribution in [0.3, 0.4) is 0 Å². The number of benzene rings is 1. The van der Waals surface area contributed by atoms with E-state index in [0.717, 1.165) is 24.3 Å². The molecule has 0 fully saturated rings. The molecule has 5 heteroatoms. The number of aryl methyl sites for hydroxylation is 1. The number of fused-ring (bicyclic) bond motifs is 1. The van der Waals surface area contributed by atoms with Crippen LogP contribution in [0.2, 0.25) is 0 Å². The third kappa shape index (κ3) is 2.90. The lowest BCUT2D eigenvalue weighted by Crippen LogP contribution is -2.23. The van der Waals surface area contributed by atoms with Gasteiger partial charge in [0.1, 0.15) is 5.69 Å². The highest BCUT2D eigenvalue weighted by Crippen LogP contribution is 2.17. The summed E-state index contributed by atoms with van der Waals surface area (Å²) in [6.07, 6.45) is 0. The standard InChI is InChI=1S/C17H22N4O/c1-11(2)16-7-15(20-21(16)3)17(22)19-8-12-4-5-13-9-18-10-14(13)6-12/h4-7,11,18H,8-10H2,1-3H3,(H,19,22). The normalized spacial score (nSPS) is 13.5. The highest BCUT2D eigenvalue weighted by atomic mass is 16.1. The van der Waals surface area contributed by atoms with Gasteiger partial charge in [-0.05, 0) is 28.7 Å². The van der Waals surface area contributed by atoms with Gasteiger partial charge in [0.25, 0.3) is 5.91 Å². The van der Waals surface area contributed by atoms with Gasteiger partial charge in [0.15, 0.2) is 0 Å². The lowest BCUT2D eigenvalue weighted by molar-refractivity contribution is 0.0945. The molecule has 3 rings (SSSR count). The third-order valence-corrected chi connectivity index (χ3v) is 4.09. The zero-order valence-corrected chi connectivity index (χ0v) is 13.3. The minimum Gasteiger partial charge on any atom is -0.347 e. The van der Waals surface area contributed by atoms with Gasteiger partial charge < -0.3 is 10.6 Å². The quantitative estimate of drug-likeness (QED) is 0.908. The molecule has 0 aliphatic carbocycles. The zero-order valence-electron chi connectivity index (χ0n) is 13.3. The van der Waals surface area contributed by atoms with E-state index >= 15 is 0 Å². The summed E-state index contributed by atoms with van der Waals surface area (Å²) in [6, 6.07) is 8.23. The minimum atomic E-state index is -0.124. The first kappa shape index (κ1) is 14.8. The van der Waals surface area contributed by atoms with Crippen molar-refractivity contribution in [3.8, 4) is 0 Å². The first-order valence-electron chi connectivity index (χ1n) is 7.68. The maximum atomic E-state index is 12.2. The van der Waals surface area contributed by atoms with Gasteiger partial charge in [0.05, 0.1) is 0 Å². The molecule has 0 saturated carbocycles. The summed E-state index contributed by atoms with van der Waals surface area (Å²) in [5.41, 5.74) is 5.34. The Labute approximate surface area is 130 Å². The molecule has 116 valence electrons. The fourth-order valence-corrected chi connectivity index (χ4v) is 2.86. The molecule has 0 unspecified atom stereocenters. The van der Waals surface area contributed by atoms with Gasteiger partial charge in [-0.2, -0.15) is 5.10 Å². The van der Waals surface area contributed by atoms with Crippen molar-refractivity contribution in [3.05, 3.63) is 52.3 Å². The summed E-state index contributed by atoms with van der Waals surface area (Å²) in [5, 5.41) is 10.6. The molecule has 0 bridgehead atoms. The lowest BCUT2D eigenvalue weighted by Gasteiger charge is -2.05. The van der Waals surface area contributed by atoms with Crippen molar-refractivity contribution in [2.24, 2.45) is 7.05 Å². The van der Waals surface area contributed by atoms with Crippen LogP contribution in [-0.2, 0) is 26.7 Å². The Bertz CT molecular complexity index is 703. The predicted molar refractivity (Wildman–Crippen MR) is 85.5 cm³/mol. The maximum absolute atomic E-state index is 12.2. The molecular weight excluding hydrogens is 276 g/mol. The molecule has 0 saturated heterocycles. The van der Waals surface area contributed by atoms with E-state index in [2.05, 4.69) is 47.8 Å². The molecule has 2 aromatic rings. The van der Waals surface area contributed by atoms with Crippen LogP contribution in [0.4, 0.5) is 0 Å². The second kappa shape index (κ2) is 5.93. The van der Waals surface area contributed by atoms with E-state index in [1.165, 1.54) is 11.1 Å². The van der Waals surface area contributed by atoms with Crippen LogP contribution in [0, 0.1) is 0 Å². The van der Waals surface area contributed by atoms with Crippen molar-refractivity contribution >= 4 is 5.91 Å². The average molecular weight is 298 g/mol. The fourth-order valence-electron chi connectivity index (χ4n) is 2.86. The molecule has 1 aromatic heterocycles. The molecule has 0 atom stereocenters. The van der Waals surface area contributed by atoms with Crippen molar-refractivity contribution in [2.45, 2.75) is 39.4 Å². The van der Waals surface area contributed by atoms with E-state index in [0.29, 0.717) is 18.2 Å². The van der Waals surface area contributed by atoms with Crippen molar-refractivity contribution in [1.82, 2.24) is 20.4 Å². The van der Waals surface area contributed by atoms with Gasteiger partial charge in [-0.1, -0.05) is 32.0 Å². The summed E-state index contributed by atoms with van der Waals surface area (Å²) in [6.45, 7) is 6.57. The summed E-state index contributed by atoms with van der Waals surface area (Å²) < 4.78 is 1.78. The molecule has 5 nitrogen and oxygen atoms in total. The Hall–Kier alpha value is -2.14. The third-order valence-electron chi connectivity index (χ3n) is 4.09. The number of hydrogen-bond acceptors (Lipinski definition) is 3. The van der Waals surface area contributed by atoms with Crippen molar-refractivity contribution in [1.29, 1.82) is 0 Å². The highest BCUT2D eigenvalue weighted by Gasteiger charge is 2.15. The van der Waals surface area contributed by atoms with E-state index in [4.69, 9.17) is 0 Å². The van der Waals surface area contributed by atoms with Crippen LogP contribution in [0.1, 0.15) is 52.6 Å². The Kier molecular flexibility index (Phi) is 3.98. The summed E-state index contributed by atoms with van der Waals surface area (Å²) in [4.78, 5) is 12.2. The summed E-state index contributed by atoms with van der Waals surface area (Å²) in [7, 11) is 1.87. The molecule has 2 N–H and O–H groups in total. The van der Waals surface area contributed by atoms with Gasteiger partial charge in [-0.3, -0.25) is 9.48 Å². The topological polar surface area (TPSA) is 59.0 Å². The van der Waals surface area contributed by atoms with Crippen LogP contribution in [0.15, 0.2) is 24.3 Å². The van der Waals surface area contributed by atoms with Crippen LogP contribution < -0.4 is 10.6 Å². The minimum absolute atomic E-state index is 0.124. The average Bonchev–Trinajstić information content (AvgIpc) is 3.10. The summed E-state index contributed by atoms with van der Waals surface area (Å²) >= 11 is 0. The Morgan fingerprint density at radius 1 is 1.32 bits per heavy atom. The number of carbonyl (C=O) groups is 1. The molecule has 2 heterocycles. The van der Waals surface area contributed by atoms with E-state index in [-0.39, 0.29) is 5.91 Å².